The number of carbonyl (C=O) groups is 1. The Morgan fingerprint density at radius 1 is 1.05 bits per heavy atom. The monoisotopic (exact) mass is 270 g/mol. The summed E-state index contributed by atoms with van der Waals surface area (Å²) < 4.78 is 18.5. The van der Waals surface area contributed by atoms with Crippen molar-refractivity contribution in [2.45, 2.75) is 6.92 Å². The first-order valence-electron chi connectivity index (χ1n) is 6.40. The van der Waals surface area contributed by atoms with E-state index in [-0.39, 0.29) is 6.61 Å². The Bertz CT molecular complexity index is 601. The SMILES string of the molecule is CCOC(=O)C=C(F)c1ccc(-c2ccccc2)cc1. The summed E-state index contributed by atoms with van der Waals surface area (Å²) in [5, 5.41) is 0. The minimum Gasteiger partial charge on any atom is -0.463 e. The van der Waals surface area contributed by atoms with Crippen LogP contribution in [0.25, 0.3) is 17.0 Å². The lowest BCUT2D eigenvalue weighted by Crippen LogP contribution is -1.99. The van der Waals surface area contributed by atoms with Crippen LogP contribution in [-0.4, -0.2) is 12.6 Å². The van der Waals surface area contributed by atoms with Crippen LogP contribution in [0, 0.1) is 0 Å². The Hall–Kier alpha value is -2.42. The van der Waals surface area contributed by atoms with Crippen LogP contribution in [0.4, 0.5) is 4.39 Å². The van der Waals surface area contributed by atoms with Gasteiger partial charge >= 0.3 is 5.97 Å². The zero-order chi connectivity index (χ0) is 14.4. The smallest absolute Gasteiger partial charge is 0.333 e. The summed E-state index contributed by atoms with van der Waals surface area (Å²) >= 11 is 0. The highest BCUT2D eigenvalue weighted by Gasteiger charge is 2.05. The number of halogens is 1. The fraction of sp³-hybridized carbons (Fsp3) is 0.118. The van der Waals surface area contributed by atoms with E-state index in [0.717, 1.165) is 17.2 Å². The molecule has 0 unspecified atom stereocenters. The van der Waals surface area contributed by atoms with Gasteiger partial charge in [0.1, 0.15) is 5.83 Å². The zero-order valence-corrected chi connectivity index (χ0v) is 11.2. The molecule has 2 nitrogen and oxygen atoms in total. The lowest BCUT2D eigenvalue weighted by atomic mass is 10.0. The van der Waals surface area contributed by atoms with Gasteiger partial charge in [-0.25, -0.2) is 9.18 Å². The third kappa shape index (κ3) is 3.54. The Kier molecular flexibility index (Phi) is 4.66. The topological polar surface area (TPSA) is 26.3 Å². The van der Waals surface area contributed by atoms with Crippen LogP contribution in [0.2, 0.25) is 0 Å². The van der Waals surface area contributed by atoms with E-state index in [0.29, 0.717) is 5.56 Å². The van der Waals surface area contributed by atoms with Crippen molar-refractivity contribution < 1.29 is 13.9 Å². The quantitative estimate of drug-likeness (QED) is 0.614. The maximum Gasteiger partial charge on any atom is 0.333 e. The first-order chi connectivity index (χ1) is 9.70. The van der Waals surface area contributed by atoms with Gasteiger partial charge in [0.2, 0.25) is 0 Å². The third-order valence-corrected chi connectivity index (χ3v) is 2.80. The highest BCUT2D eigenvalue weighted by molar-refractivity contribution is 5.89. The van der Waals surface area contributed by atoms with Gasteiger partial charge in [0.25, 0.3) is 0 Å². The number of hydrogen-bond donors (Lipinski definition) is 0. The van der Waals surface area contributed by atoms with Crippen molar-refractivity contribution in [2.24, 2.45) is 0 Å². The zero-order valence-electron chi connectivity index (χ0n) is 11.2. The molecule has 0 fully saturated rings. The molecule has 0 aliphatic rings. The van der Waals surface area contributed by atoms with Gasteiger partial charge in [-0.1, -0.05) is 54.6 Å². The minimum absolute atomic E-state index is 0.232. The van der Waals surface area contributed by atoms with E-state index >= 15 is 0 Å². The molecule has 0 aromatic heterocycles. The average Bonchev–Trinajstić information content (AvgIpc) is 2.48. The summed E-state index contributed by atoms with van der Waals surface area (Å²) in [5.41, 5.74) is 2.42. The summed E-state index contributed by atoms with van der Waals surface area (Å²) in [6.07, 6.45) is 0.862. The molecule has 0 heterocycles. The Morgan fingerprint density at radius 2 is 1.65 bits per heavy atom. The summed E-state index contributed by atoms with van der Waals surface area (Å²) in [4.78, 5) is 11.2. The van der Waals surface area contributed by atoms with Gasteiger partial charge in [-0.3, -0.25) is 0 Å². The second-order valence-electron chi connectivity index (χ2n) is 4.19. The fourth-order valence-corrected chi connectivity index (χ4v) is 1.82. The van der Waals surface area contributed by atoms with Crippen LogP contribution in [0.3, 0.4) is 0 Å². The molecular formula is C17H15FO2. The lowest BCUT2D eigenvalue weighted by molar-refractivity contribution is -0.137. The molecule has 3 heteroatoms. The van der Waals surface area contributed by atoms with E-state index in [1.807, 2.05) is 42.5 Å². The van der Waals surface area contributed by atoms with Crippen molar-refractivity contribution in [1.29, 1.82) is 0 Å². The van der Waals surface area contributed by atoms with Gasteiger partial charge in [0.05, 0.1) is 12.7 Å². The van der Waals surface area contributed by atoms with E-state index in [9.17, 15) is 9.18 Å². The van der Waals surface area contributed by atoms with Gasteiger partial charge in [-0.15, -0.1) is 0 Å². The Balaban J connectivity index is 2.18. The van der Waals surface area contributed by atoms with Crippen LogP contribution >= 0.6 is 0 Å². The maximum atomic E-state index is 13.8. The molecule has 102 valence electrons. The molecule has 0 atom stereocenters. The molecule has 2 aromatic rings. The molecule has 0 saturated heterocycles. The van der Waals surface area contributed by atoms with Crippen LogP contribution < -0.4 is 0 Å². The second-order valence-corrected chi connectivity index (χ2v) is 4.19. The number of hydrogen-bond acceptors (Lipinski definition) is 2. The van der Waals surface area contributed by atoms with Crippen LogP contribution in [0.5, 0.6) is 0 Å². The largest absolute Gasteiger partial charge is 0.463 e. The van der Waals surface area contributed by atoms with Crippen molar-refractivity contribution in [1.82, 2.24) is 0 Å². The van der Waals surface area contributed by atoms with Crippen LogP contribution in [0.15, 0.2) is 60.7 Å². The maximum absolute atomic E-state index is 13.8. The molecule has 0 aliphatic heterocycles. The van der Waals surface area contributed by atoms with Gasteiger partial charge in [-0.05, 0) is 18.1 Å². The lowest BCUT2D eigenvalue weighted by Gasteiger charge is -2.03. The normalized spacial score (nSPS) is 11.2. The number of benzene rings is 2. The molecule has 0 bridgehead atoms. The van der Waals surface area contributed by atoms with Gasteiger partial charge in [0.15, 0.2) is 0 Å². The van der Waals surface area contributed by atoms with Crippen molar-refractivity contribution in [3.8, 4) is 11.1 Å². The highest BCUT2D eigenvalue weighted by atomic mass is 19.1. The first kappa shape index (κ1) is 14.0. The highest BCUT2D eigenvalue weighted by Crippen LogP contribution is 2.22. The molecule has 0 N–H and O–H groups in total. The summed E-state index contributed by atoms with van der Waals surface area (Å²) in [5.74, 6) is -1.26. The summed E-state index contributed by atoms with van der Waals surface area (Å²) in [7, 11) is 0. The van der Waals surface area contributed by atoms with E-state index in [4.69, 9.17) is 0 Å². The Morgan fingerprint density at radius 3 is 2.25 bits per heavy atom. The van der Waals surface area contributed by atoms with E-state index < -0.39 is 11.8 Å². The summed E-state index contributed by atoms with van der Waals surface area (Å²) in [6.45, 7) is 1.91. The number of esters is 1. The van der Waals surface area contributed by atoms with Crippen molar-refractivity contribution in [3.05, 3.63) is 66.2 Å². The molecule has 0 aliphatic carbocycles. The van der Waals surface area contributed by atoms with Gasteiger partial charge < -0.3 is 4.74 Å². The number of rotatable bonds is 4. The minimum atomic E-state index is -0.669. The molecule has 0 spiro atoms. The number of ether oxygens (including phenoxy) is 1. The second kappa shape index (κ2) is 6.66. The molecule has 20 heavy (non-hydrogen) atoms. The van der Waals surface area contributed by atoms with E-state index in [1.54, 1.807) is 19.1 Å². The fourth-order valence-electron chi connectivity index (χ4n) is 1.82. The van der Waals surface area contributed by atoms with Crippen LogP contribution in [0.1, 0.15) is 12.5 Å². The van der Waals surface area contributed by atoms with Crippen molar-refractivity contribution in [2.75, 3.05) is 6.61 Å². The molecular weight excluding hydrogens is 255 g/mol. The molecule has 2 rings (SSSR count). The molecule has 0 amide bonds. The van der Waals surface area contributed by atoms with Crippen molar-refractivity contribution in [3.63, 3.8) is 0 Å². The third-order valence-electron chi connectivity index (χ3n) is 2.80. The average molecular weight is 270 g/mol. The molecule has 0 saturated carbocycles. The predicted molar refractivity (Wildman–Crippen MR) is 77.6 cm³/mol. The van der Waals surface area contributed by atoms with Crippen molar-refractivity contribution >= 4 is 11.8 Å². The summed E-state index contributed by atoms with van der Waals surface area (Å²) in [6, 6.07) is 16.8. The molecule has 2 aromatic carbocycles. The molecule has 0 radical (unpaired) electrons. The number of carbonyl (C=O) groups excluding carboxylic acids is 1. The predicted octanol–water partition coefficient (Wildman–Crippen LogP) is 4.23. The van der Waals surface area contributed by atoms with E-state index in [1.165, 1.54) is 0 Å². The van der Waals surface area contributed by atoms with Gasteiger partial charge in [0, 0.05) is 5.56 Å². The van der Waals surface area contributed by atoms with Crippen LogP contribution in [-0.2, 0) is 9.53 Å². The van der Waals surface area contributed by atoms with Gasteiger partial charge in [-0.2, -0.15) is 0 Å². The first-order valence-corrected chi connectivity index (χ1v) is 6.40. The Labute approximate surface area is 117 Å². The standard InChI is InChI=1S/C17H15FO2/c1-2-20-17(19)12-16(18)15-10-8-14(9-11-15)13-6-4-3-5-7-13/h3-12H,2H2,1H3. The van der Waals surface area contributed by atoms with E-state index in [2.05, 4.69) is 4.74 Å².